The number of carbonyl (C=O) groups is 1. The summed E-state index contributed by atoms with van der Waals surface area (Å²) >= 11 is 5.68. The van der Waals surface area contributed by atoms with Crippen LogP contribution >= 0.6 is 11.6 Å². The molecular formula is C12H9ClN2O3. The Kier molecular flexibility index (Phi) is 3.34. The van der Waals surface area contributed by atoms with Gasteiger partial charge in [-0.05, 0) is 24.3 Å². The molecule has 6 heteroatoms. The molecule has 0 saturated carbocycles. The van der Waals surface area contributed by atoms with Gasteiger partial charge in [-0.25, -0.2) is 4.98 Å². The Morgan fingerprint density at radius 1 is 1.17 bits per heavy atom. The zero-order chi connectivity index (χ0) is 13.1. The lowest BCUT2D eigenvalue weighted by Crippen LogP contribution is -2.12. The van der Waals surface area contributed by atoms with Gasteiger partial charge >= 0.3 is 0 Å². The summed E-state index contributed by atoms with van der Waals surface area (Å²) in [6.07, 6.45) is 0. The molecular weight excluding hydrogens is 256 g/mol. The van der Waals surface area contributed by atoms with Crippen molar-refractivity contribution in [3.63, 3.8) is 0 Å². The van der Waals surface area contributed by atoms with E-state index in [1.165, 1.54) is 12.1 Å². The highest BCUT2D eigenvalue weighted by Crippen LogP contribution is 2.21. The molecule has 0 bridgehead atoms. The van der Waals surface area contributed by atoms with Crippen LogP contribution in [0.3, 0.4) is 0 Å². The molecule has 0 atom stereocenters. The van der Waals surface area contributed by atoms with E-state index in [9.17, 15) is 15.0 Å². The van der Waals surface area contributed by atoms with Crippen molar-refractivity contribution in [3.05, 3.63) is 47.1 Å². The predicted molar refractivity (Wildman–Crippen MR) is 67.0 cm³/mol. The SMILES string of the molecule is O=C(Nc1cccc(Cl)n1)c1cc(O)cc(O)c1. The summed E-state index contributed by atoms with van der Waals surface area (Å²) in [6, 6.07) is 8.41. The van der Waals surface area contributed by atoms with Crippen molar-refractivity contribution in [3.8, 4) is 11.5 Å². The first-order valence-corrected chi connectivity index (χ1v) is 5.39. The molecule has 0 unspecified atom stereocenters. The van der Waals surface area contributed by atoms with E-state index >= 15 is 0 Å². The largest absolute Gasteiger partial charge is 0.508 e. The number of rotatable bonds is 2. The summed E-state index contributed by atoms with van der Waals surface area (Å²) < 4.78 is 0. The number of nitrogens with one attached hydrogen (secondary N) is 1. The minimum atomic E-state index is -0.504. The van der Waals surface area contributed by atoms with Gasteiger partial charge in [0.05, 0.1) is 0 Å². The molecule has 2 rings (SSSR count). The van der Waals surface area contributed by atoms with Crippen LogP contribution in [0, 0.1) is 0 Å². The first-order chi connectivity index (χ1) is 8.54. The Balaban J connectivity index is 2.22. The van der Waals surface area contributed by atoms with E-state index < -0.39 is 5.91 Å². The topological polar surface area (TPSA) is 82.5 Å². The van der Waals surface area contributed by atoms with Crippen molar-refractivity contribution in [1.82, 2.24) is 4.98 Å². The minimum Gasteiger partial charge on any atom is -0.508 e. The second-order valence-electron chi connectivity index (χ2n) is 3.54. The third kappa shape index (κ3) is 2.89. The summed E-state index contributed by atoms with van der Waals surface area (Å²) in [5.41, 5.74) is 0.120. The highest BCUT2D eigenvalue weighted by molar-refractivity contribution is 6.29. The predicted octanol–water partition coefficient (Wildman–Crippen LogP) is 2.40. The number of anilines is 1. The van der Waals surface area contributed by atoms with Crippen molar-refractivity contribution < 1.29 is 15.0 Å². The highest BCUT2D eigenvalue weighted by Gasteiger charge is 2.09. The monoisotopic (exact) mass is 264 g/mol. The Hall–Kier alpha value is -2.27. The maximum Gasteiger partial charge on any atom is 0.257 e. The van der Waals surface area contributed by atoms with Gasteiger partial charge in [0.25, 0.3) is 5.91 Å². The average molecular weight is 265 g/mol. The molecule has 0 spiro atoms. The molecule has 2 aromatic rings. The molecule has 0 aliphatic rings. The van der Waals surface area contributed by atoms with Gasteiger partial charge in [-0.1, -0.05) is 17.7 Å². The van der Waals surface area contributed by atoms with Gasteiger partial charge in [0, 0.05) is 11.6 Å². The zero-order valence-electron chi connectivity index (χ0n) is 9.09. The Labute approximate surface area is 108 Å². The molecule has 1 aromatic heterocycles. The first-order valence-electron chi connectivity index (χ1n) is 5.01. The van der Waals surface area contributed by atoms with E-state index in [4.69, 9.17) is 11.6 Å². The molecule has 1 heterocycles. The summed E-state index contributed by atoms with van der Waals surface area (Å²) in [4.78, 5) is 15.7. The molecule has 0 fully saturated rings. The number of amides is 1. The van der Waals surface area contributed by atoms with Crippen LogP contribution in [0.4, 0.5) is 5.82 Å². The molecule has 0 aliphatic heterocycles. The molecule has 92 valence electrons. The van der Waals surface area contributed by atoms with Crippen LogP contribution in [0.25, 0.3) is 0 Å². The number of pyridine rings is 1. The van der Waals surface area contributed by atoms with E-state index in [2.05, 4.69) is 10.3 Å². The molecule has 3 N–H and O–H groups in total. The summed E-state index contributed by atoms with van der Waals surface area (Å²) in [5.74, 6) is -0.607. The average Bonchev–Trinajstić information content (AvgIpc) is 2.27. The summed E-state index contributed by atoms with van der Waals surface area (Å²) in [7, 11) is 0. The van der Waals surface area contributed by atoms with E-state index in [0.29, 0.717) is 0 Å². The van der Waals surface area contributed by atoms with Crippen molar-refractivity contribution >= 4 is 23.3 Å². The lowest BCUT2D eigenvalue weighted by Gasteiger charge is -2.05. The minimum absolute atomic E-state index is 0.120. The van der Waals surface area contributed by atoms with Crippen LogP contribution in [0.5, 0.6) is 11.5 Å². The fourth-order valence-corrected chi connectivity index (χ4v) is 1.56. The standard InChI is InChI=1S/C12H9ClN2O3/c13-10-2-1-3-11(14-10)15-12(18)7-4-8(16)6-9(17)5-7/h1-6,16-17H,(H,14,15,18). The van der Waals surface area contributed by atoms with Crippen molar-refractivity contribution in [2.24, 2.45) is 0 Å². The quantitative estimate of drug-likeness (QED) is 0.728. The molecule has 0 saturated heterocycles. The first kappa shape index (κ1) is 12.2. The lowest BCUT2D eigenvalue weighted by atomic mass is 10.2. The fourth-order valence-electron chi connectivity index (χ4n) is 1.39. The smallest absolute Gasteiger partial charge is 0.257 e. The van der Waals surface area contributed by atoms with Gasteiger partial charge in [-0.3, -0.25) is 4.79 Å². The molecule has 18 heavy (non-hydrogen) atoms. The molecule has 5 nitrogen and oxygen atoms in total. The molecule has 0 aliphatic carbocycles. The normalized spacial score (nSPS) is 10.1. The van der Waals surface area contributed by atoms with Crippen LogP contribution in [0.15, 0.2) is 36.4 Å². The van der Waals surface area contributed by atoms with Gasteiger partial charge in [0.15, 0.2) is 0 Å². The molecule has 1 amide bonds. The molecule has 1 aromatic carbocycles. The number of nitrogens with zero attached hydrogens (tertiary/aromatic N) is 1. The van der Waals surface area contributed by atoms with Crippen LogP contribution in [-0.4, -0.2) is 21.1 Å². The van der Waals surface area contributed by atoms with Gasteiger partial charge in [0.2, 0.25) is 0 Å². The van der Waals surface area contributed by atoms with Crippen LogP contribution in [0.1, 0.15) is 10.4 Å². The van der Waals surface area contributed by atoms with E-state index in [1.807, 2.05) is 0 Å². The summed E-state index contributed by atoms with van der Waals surface area (Å²) in [6.45, 7) is 0. The number of aromatic hydroxyl groups is 2. The summed E-state index contributed by atoms with van der Waals surface area (Å²) in [5, 5.41) is 21.3. The number of phenols is 2. The second kappa shape index (κ2) is 4.93. The number of hydrogen-bond acceptors (Lipinski definition) is 4. The van der Waals surface area contributed by atoms with Crippen LogP contribution < -0.4 is 5.32 Å². The van der Waals surface area contributed by atoms with Gasteiger partial charge in [-0.15, -0.1) is 0 Å². The number of benzene rings is 1. The zero-order valence-corrected chi connectivity index (χ0v) is 9.85. The maximum atomic E-state index is 11.8. The van der Waals surface area contributed by atoms with E-state index in [1.54, 1.807) is 18.2 Å². The van der Waals surface area contributed by atoms with Gasteiger partial charge in [-0.2, -0.15) is 0 Å². The number of hydrogen-bond donors (Lipinski definition) is 3. The van der Waals surface area contributed by atoms with Crippen LogP contribution in [-0.2, 0) is 0 Å². The van der Waals surface area contributed by atoms with Gasteiger partial charge < -0.3 is 15.5 Å². The van der Waals surface area contributed by atoms with Crippen molar-refractivity contribution in [2.45, 2.75) is 0 Å². The fraction of sp³-hybridized carbons (Fsp3) is 0. The Bertz CT molecular complexity index is 581. The Morgan fingerprint density at radius 3 is 2.44 bits per heavy atom. The van der Waals surface area contributed by atoms with E-state index in [0.717, 1.165) is 6.07 Å². The van der Waals surface area contributed by atoms with Crippen molar-refractivity contribution in [2.75, 3.05) is 5.32 Å². The maximum absolute atomic E-state index is 11.8. The van der Waals surface area contributed by atoms with Crippen molar-refractivity contribution in [1.29, 1.82) is 0 Å². The van der Waals surface area contributed by atoms with Crippen LogP contribution in [0.2, 0.25) is 5.15 Å². The number of carbonyl (C=O) groups excluding carboxylic acids is 1. The third-order valence-corrected chi connectivity index (χ3v) is 2.33. The highest BCUT2D eigenvalue weighted by atomic mass is 35.5. The molecule has 0 radical (unpaired) electrons. The van der Waals surface area contributed by atoms with E-state index in [-0.39, 0.29) is 28.0 Å². The number of aromatic nitrogens is 1. The second-order valence-corrected chi connectivity index (χ2v) is 3.93. The lowest BCUT2D eigenvalue weighted by molar-refractivity contribution is 0.102. The van der Waals surface area contributed by atoms with Gasteiger partial charge in [0.1, 0.15) is 22.5 Å². The number of phenolic OH excluding ortho intramolecular Hbond substituents is 2. The number of halogens is 1. The third-order valence-electron chi connectivity index (χ3n) is 2.12. The Morgan fingerprint density at radius 2 is 1.83 bits per heavy atom.